The Labute approximate surface area is 130 Å². The molecule has 3 N–H and O–H groups in total. The standard InChI is InChI=1S/C14H11Cl2FN2O2/c15-12-2-1-11(6-13(12)16)21-7-8-3-9(14(18)19-20)5-10(17)4-8/h1-6,20H,7H2,(H2,18,19). The number of rotatable bonds is 4. The van der Waals surface area contributed by atoms with Crippen LogP contribution in [0.25, 0.3) is 0 Å². The van der Waals surface area contributed by atoms with Crippen LogP contribution in [-0.2, 0) is 6.61 Å². The molecule has 2 aromatic carbocycles. The molecule has 2 aromatic rings. The van der Waals surface area contributed by atoms with E-state index in [1.807, 2.05) is 0 Å². The fourth-order valence-corrected chi connectivity index (χ4v) is 1.96. The second-order valence-electron chi connectivity index (χ2n) is 4.20. The normalized spacial score (nSPS) is 11.5. The summed E-state index contributed by atoms with van der Waals surface area (Å²) in [4.78, 5) is 0. The lowest BCUT2D eigenvalue weighted by molar-refractivity contribution is 0.305. The van der Waals surface area contributed by atoms with Gasteiger partial charge in [0.05, 0.1) is 10.0 Å². The van der Waals surface area contributed by atoms with Crippen LogP contribution in [0, 0.1) is 5.82 Å². The summed E-state index contributed by atoms with van der Waals surface area (Å²) in [6.07, 6.45) is 0. The second kappa shape index (κ2) is 6.65. The topological polar surface area (TPSA) is 67.8 Å². The number of nitrogens with two attached hydrogens (primary N) is 1. The molecule has 2 rings (SSSR count). The molecule has 0 saturated heterocycles. The van der Waals surface area contributed by atoms with E-state index in [-0.39, 0.29) is 18.0 Å². The highest BCUT2D eigenvalue weighted by Gasteiger charge is 2.06. The molecular formula is C14H11Cl2FN2O2. The third kappa shape index (κ3) is 4.00. The Balaban J connectivity index is 2.16. The predicted molar refractivity (Wildman–Crippen MR) is 79.7 cm³/mol. The van der Waals surface area contributed by atoms with E-state index in [0.29, 0.717) is 21.4 Å². The van der Waals surface area contributed by atoms with Crippen molar-refractivity contribution < 1.29 is 14.3 Å². The molecule has 0 spiro atoms. The third-order valence-electron chi connectivity index (χ3n) is 2.66. The van der Waals surface area contributed by atoms with Gasteiger partial charge in [0.2, 0.25) is 0 Å². The van der Waals surface area contributed by atoms with Gasteiger partial charge in [-0.15, -0.1) is 0 Å². The molecule has 0 unspecified atom stereocenters. The Bertz CT molecular complexity index is 693. The Hall–Kier alpha value is -1.98. The molecule has 0 saturated carbocycles. The highest BCUT2D eigenvalue weighted by molar-refractivity contribution is 6.42. The molecule has 0 radical (unpaired) electrons. The van der Waals surface area contributed by atoms with Crippen LogP contribution >= 0.6 is 23.2 Å². The molecule has 7 heteroatoms. The number of amidine groups is 1. The SMILES string of the molecule is N/C(=N/O)c1cc(F)cc(COc2ccc(Cl)c(Cl)c2)c1. The fourth-order valence-electron chi connectivity index (χ4n) is 1.67. The van der Waals surface area contributed by atoms with Gasteiger partial charge in [-0.1, -0.05) is 28.4 Å². The molecule has 0 aromatic heterocycles. The molecule has 0 heterocycles. The number of oxime groups is 1. The van der Waals surface area contributed by atoms with Gasteiger partial charge in [-0.25, -0.2) is 4.39 Å². The first-order valence-electron chi connectivity index (χ1n) is 5.85. The minimum atomic E-state index is -0.508. The van der Waals surface area contributed by atoms with Gasteiger partial charge in [-0.05, 0) is 35.9 Å². The molecule has 4 nitrogen and oxygen atoms in total. The first-order chi connectivity index (χ1) is 9.99. The Kier molecular flexibility index (Phi) is 4.88. The first kappa shape index (κ1) is 15.4. The lowest BCUT2D eigenvalue weighted by Gasteiger charge is -2.09. The summed E-state index contributed by atoms with van der Waals surface area (Å²) < 4.78 is 19.0. The van der Waals surface area contributed by atoms with E-state index in [2.05, 4.69) is 5.16 Å². The molecule has 21 heavy (non-hydrogen) atoms. The number of nitrogens with zero attached hydrogens (tertiary/aromatic N) is 1. The summed E-state index contributed by atoms with van der Waals surface area (Å²) in [6, 6.07) is 8.84. The van der Waals surface area contributed by atoms with E-state index in [0.717, 1.165) is 6.07 Å². The summed E-state index contributed by atoms with van der Waals surface area (Å²) in [5.74, 6) is -0.184. The van der Waals surface area contributed by atoms with Gasteiger partial charge < -0.3 is 15.7 Å². The maximum atomic E-state index is 13.5. The highest BCUT2D eigenvalue weighted by atomic mass is 35.5. The van der Waals surface area contributed by atoms with Crippen LogP contribution in [0.15, 0.2) is 41.6 Å². The van der Waals surface area contributed by atoms with Crippen molar-refractivity contribution in [3.63, 3.8) is 0 Å². The summed E-state index contributed by atoms with van der Waals surface area (Å²) in [5, 5.41) is 12.2. The van der Waals surface area contributed by atoms with E-state index in [9.17, 15) is 4.39 Å². The van der Waals surface area contributed by atoms with Crippen molar-refractivity contribution in [2.75, 3.05) is 0 Å². The molecule has 0 fully saturated rings. The van der Waals surface area contributed by atoms with Crippen molar-refractivity contribution in [2.45, 2.75) is 6.61 Å². The maximum Gasteiger partial charge on any atom is 0.170 e. The van der Waals surface area contributed by atoms with Crippen molar-refractivity contribution in [1.82, 2.24) is 0 Å². The van der Waals surface area contributed by atoms with Crippen LogP contribution < -0.4 is 10.5 Å². The van der Waals surface area contributed by atoms with Gasteiger partial charge in [0.25, 0.3) is 0 Å². The zero-order valence-electron chi connectivity index (χ0n) is 10.7. The molecular weight excluding hydrogens is 318 g/mol. The van der Waals surface area contributed by atoms with Gasteiger partial charge in [0.15, 0.2) is 5.84 Å². The smallest absolute Gasteiger partial charge is 0.170 e. The van der Waals surface area contributed by atoms with Gasteiger partial charge in [-0.2, -0.15) is 0 Å². The molecule has 0 aliphatic rings. The van der Waals surface area contributed by atoms with E-state index < -0.39 is 5.82 Å². The van der Waals surface area contributed by atoms with Crippen LogP contribution in [-0.4, -0.2) is 11.0 Å². The van der Waals surface area contributed by atoms with Crippen molar-refractivity contribution in [3.05, 3.63) is 63.4 Å². The summed E-state index contributed by atoms with van der Waals surface area (Å²) in [5.41, 5.74) is 6.24. The summed E-state index contributed by atoms with van der Waals surface area (Å²) in [7, 11) is 0. The lowest BCUT2D eigenvalue weighted by atomic mass is 10.1. The number of hydrogen-bond acceptors (Lipinski definition) is 3. The zero-order valence-corrected chi connectivity index (χ0v) is 12.2. The van der Waals surface area contributed by atoms with E-state index in [1.54, 1.807) is 24.3 Å². The monoisotopic (exact) mass is 328 g/mol. The lowest BCUT2D eigenvalue weighted by Crippen LogP contribution is -2.14. The summed E-state index contributed by atoms with van der Waals surface area (Å²) >= 11 is 11.7. The fraction of sp³-hybridized carbons (Fsp3) is 0.0714. The van der Waals surface area contributed by atoms with E-state index in [4.69, 9.17) is 38.9 Å². The van der Waals surface area contributed by atoms with Gasteiger partial charge in [-0.3, -0.25) is 0 Å². The van der Waals surface area contributed by atoms with Crippen LogP contribution in [0.4, 0.5) is 4.39 Å². The van der Waals surface area contributed by atoms with Crippen LogP contribution in [0.2, 0.25) is 10.0 Å². The zero-order chi connectivity index (χ0) is 15.4. The number of ether oxygens (including phenoxy) is 1. The Morgan fingerprint density at radius 1 is 1.19 bits per heavy atom. The minimum Gasteiger partial charge on any atom is -0.489 e. The molecule has 0 aliphatic heterocycles. The third-order valence-corrected chi connectivity index (χ3v) is 3.40. The summed E-state index contributed by atoms with van der Waals surface area (Å²) in [6.45, 7) is 0.0986. The first-order valence-corrected chi connectivity index (χ1v) is 6.60. The van der Waals surface area contributed by atoms with Gasteiger partial charge in [0, 0.05) is 11.6 Å². The molecule has 0 bridgehead atoms. The molecule has 0 amide bonds. The van der Waals surface area contributed by atoms with Crippen molar-refractivity contribution in [1.29, 1.82) is 0 Å². The number of hydrogen-bond donors (Lipinski definition) is 2. The average Bonchev–Trinajstić information content (AvgIpc) is 2.47. The molecule has 110 valence electrons. The molecule has 0 atom stereocenters. The van der Waals surface area contributed by atoms with Crippen molar-refractivity contribution in [3.8, 4) is 5.75 Å². The van der Waals surface area contributed by atoms with Crippen molar-refractivity contribution >= 4 is 29.0 Å². The predicted octanol–water partition coefficient (Wildman–Crippen LogP) is 3.81. The van der Waals surface area contributed by atoms with Crippen LogP contribution in [0.5, 0.6) is 5.75 Å². The largest absolute Gasteiger partial charge is 0.489 e. The Morgan fingerprint density at radius 3 is 2.62 bits per heavy atom. The van der Waals surface area contributed by atoms with Gasteiger partial charge in [0.1, 0.15) is 18.2 Å². The van der Waals surface area contributed by atoms with E-state index in [1.165, 1.54) is 6.07 Å². The quantitative estimate of drug-likeness (QED) is 0.388. The maximum absolute atomic E-state index is 13.5. The Morgan fingerprint density at radius 2 is 1.95 bits per heavy atom. The average molecular weight is 329 g/mol. The number of halogens is 3. The van der Waals surface area contributed by atoms with Gasteiger partial charge >= 0.3 is 0 Å². The van der Waals surface area contributed by atoms with Crippen molar-refractivity contribution in [2.24, 2.45) is 10.9 Å². The molecule has 0 aliphatic carbocycles. The van der Waals surface area contributed by atoms with E-state index >= 15 is 0 Å². The highest BCUT2D eigenvalue weighted by Crippen LogP contribution is 2.26. The minimum absolute atomic E-state index is 0.0986. The number of benzene rings is 2. The van der Waals surface area contributed by atoms with Crippen LogP contribution in [0.3, 0.4) is 0 Å². The second-order valence-corrected chi connectivity index (χ2v) is 5.01. The van der Waals surface area contributed by atoms with Crippen LogP contribution in [0.1, 0.15) is 11.1 Å².